The van der Waals surface area contributed by atoms with Crippen molar-refractivity contribution in [3.63, 3.8) is 0 Å². The summed E-state index contributed by atoms with van der Waals surface area (Å²) in [5.74, 6) is 1.24. The largest absolute Gasteiger partial charge is 0.493 e. The molecule has 5 heteroatoms. The lowest BCUT2D eigenvalue weighted by molar-refractivity contribution is 0.0670. The van der Waals surface area contributed by atoms with Gasteiger partial charge < -0.3 is 19.9 Å². The number of halogens is 1. The van der Waals surface area contributed by atoms with Gasteiger partial charge in [0.2, 0.25) is 0 Å². The summed E-state index contributed by atoms with van der Waals surface area (Å²) >= 11 is 6.34. The predicted octanol–water partition coefficient (Wildman–Crippen LogP) is 3.19. The van der Waals surface area contributed by atoms with Gasteiger partial charge in [-0.3, -0.25) is 0 Å². The monoisotopic (exact) mass is 313 g/mol. The second-order valence-electron chi connectivity index (χ2n) is 5.43. The van der Waals surface area contributed by atoms with Gasteiger partial charge in [-0.25, -0.2) is 0 Å². The van der Waals surface area contributed by atoms with Crippen molar-refractivity contribution in [2.24, 2.45) is 5.73 Å². The number of benzene rings is 1. The van der Waals surface area contributed by atoms with E-state index in [0.29, 0.717) is 23.1 Å². The molecule has 2 N–H and O–H groups in total. The molecule has 118 valence electrons. The topological polar surface area (TPSA) is 53.7 Å². The van der Waals surface area contributed by atoms with E-state index >= 15 is 0 Å². The van der Waals surface area contributed by atoms with Gasteiger partial charge in [0.25, 0.3) is 0 Å². The minimum atomic E-state index is 0.129. The zero-order chi connectivity index (χ0) is 15.2. The van der Waals surface area contributed by atoms with E-state index in [4.69, 9.17) is 31.5 Å². The van der Waals surface area contributed by atoms with Crippen molar-refractivity contribution in [3.8, 4) is 11.5 Å². The Morgan fingerprint density at radius 3 is 2.90 bits per heavy atom. The molecular weight excluding hydrogens is 290 g/mol. The standard InChI is InChI=1S/C16H24ClNO3/c1-3-12(18)7-11-8-14(17)16(15(9-11)19-2)21-10-13-5-4-6-20-13/h8-9,12-13H,3-7,10,18H2,1-2H3. The minimum absolute atomic E-state index is 0.129. The van der Waals surface area contributed by atoms with E-state index in [1.54, 1.807) is 7.11 Å². The Labute approximate surface area is 131 Å². The number of rotatable bonds is 7. The molecule has 0 spiro atoms. The van der Waals surface area contributed by atoms with E-state index in [9.17, 15) is 0 Å². The van der Waals surface area contributed by atoms with Crippen molar-refractivity contribution in [2.75, 3.05) is 20.3 Å². The molecule has 0 radical (unpaired) electrons. The lowest BCUT2D eigenvalue weighted by atomic mass is 10.0. The molecule has 1 aromatic carbocycles. The summed E-state index contributed by atoms with van der Waals surface area (Å²) in [6.45, 7) is 3.39. The second kappa shape index (κ2) is 7.87. The molecule has 1 aliphatic rings. The van der Waals surface area contributed by atoms with E-state index in [0.717, 1.165) is 37.9 Å². The fourth-order valence-corrected chi connectivity index (χ4v) is 2.72. The Hall–Kier alpha value is -0.970. The molecule has 2 atom stereocenters. The van der Waals surface area contributed by atoms with Gasteiger partial charge in [0.1, 0.15) is 6.61 Å². The maximum atomic E-state index is 6.34. The minimum Gasteiger partial charge on any atom is -0.493 e. The maximum Gasteiger partial charge on any atom is 0.179 e. The van der Waals surface area contributed by atoms with Gasteiger partial charge in [0, 0.05) is 12.6 Å². The van der Waals surface area contributed by atoms with E-state index in [2.05, 4.69) is 6.92 Å². The average molecular weight is 314 g/mol. The smallest absolute Gasteiger partial charge is 0.179 e. The number of methoxy groups -OCH3 is 1. The SMILES string of the molecule is CCC(N)Cc1cc(Cl)c(OCC2CCCO2)c(OC)c1. The van der Waals surface area contributed by atoms with Gasteiger partial charge in [-0.2, -0.15) is 0 Å². The first-order chi connectivity index (χ1) is 10.1. The molecular formula is C16H24ClNO3. The number of hydrogen-bond acceptors (Lipinski definition) is 4. The second-order valence-corrected chi connectivity index (χ2v) is 5.83. The molecule has 0 bridgehead atoms. The lowest BCUT2D eigenvalue weighted by Crippen LogP contribution is -2.21. The fourth-order valence-electron chi connectivity index (χ4n) is 2.43. The molecule has 21 heavy (non-hydrogen) atoms. The van der Waals surface area contributed by atoms with Gasteiger partial charge in [-0.05, 0) is 43.4 Å². The van der Waals surface area contributed by atoms with E-state index in [1.807, 2.05) is 12.1 Å². The Kier molecular flexibility index (Phi) is 6.15. The molecule has 0 aliphatic carbocycles. The van der Waals surface area contributed by atoms with Crippen LogP contribution in [0.5, 0.6) is 11.5 Å². The highest BCUT2D eigenvalue weighted by Gasteiger charge is 2.19. The third-order valence-corrected chi connectivity index (χ3v) is 4.03. The number of hydrogen-bond donors (Lipinski definition) is 1. The van der Waals surface area contributed by atoms with E-state index in [-0.39, 0.29) is 12.1 Å². The van der Waals surface area contributed by atoms with Crippen LogP contribution >= 0.6 is 11.6 Å². The Morgan fingerprint density at radius 1 is 1.48 bits per heavy atom. The average Bonchev–Trinajstić information content (AvgIpc) is 2.98. The molecule has 1 saturated heterocycles. The third-order valence-electron chi connectivity index (χ3n) is 3.75. The van der Waals surface area contributed by atoms with Crippen molar-refractivity contribution in [1.29, 1.82) is 0 Å². The molecule has 1 heterocycles. The maximum absolute atomic E-state index is 6.34. The molecule has 2 rings (SSSR count). The summed E-state index contributed by atoms with van der Waals surface area (Å²) in [7, 11) is 1.62. The highest BCUT2D eigenvalue weighted by atomic mass is 35.5. The first kappa shape index (κ1) is 16.4. The van der Waals surface area contributed by atoms with Crippen LogP contribution in [0, 0.1) is 0 Å². The first-order valence-corrected chi connectivity index (χ1v) is 7.88. The summed E-state index contributed by atoms with van der Waals surface area (Å²) in [6.07, 6.45) is 3.98. The van der Waals surface area contributed by atoms with Crippen LogP contribution in [-0.4, -0.2) is 32.5 Å². The molecule has 1 aromatic rings. The van der Waals surface area contributed by atoms with Crippen LogP contribution in [0.15, 0.2) is 12.1 Å². The zero-order valence-electron chi connectivity index (χ0n) is 12.7. The van der Waals surface area contributed by atoms with Crippen molar-refractivity contribution in [3.05, 3.63) is 22.7 Å². The molecule has 1 aliphatic heterocycles. The normalized spacial score (nSPS) is 19.5. The summed E-state index contributed by atoms with van der Waals surface area (Å²) in [5.41, 5.74) is 7.06. The third kappa shape index (κ3) is 4.50. The van der Waals surface area contributed by atoms with E-state index < -0.39 is 0 Å². The molecule has 0 aromatic heterocycles. The first-order valence-electron chi connectivity index (χ1n) is 7.50. The highest BCUT2D eigenvalue weighted by Crippen LogP contribution is 2.37. The van der Waals surface area contributed by atoms with E-state index in [1.165, 1.54) is 0 Å². The van der Waals surface area contributed by atoms with Gasteiger partial charge in [0.15, 0.2) is 11.5 Å². The lowest BCUT2D eigenvalue weighted by Gasteiger charge is -2.17. The summed E-state index contributed by atoms with van der Waals surface area (Å²) in [6, 6.07) is 3.99. The van der Waals surface area contributed by atoms with Gasteiger partial charge in [0.05, 0.1) is 18.2 Å². The van der Waals surface area contributed by atoms with Crippen LogP contribution < -0.4 is 15.2 Å². The zero-order valence-corrected chi connectivity index (χ0v) is 13.5. The van der Waals surface area contributed by atoms with Crippen molar-refractivity contribution < 1.29 is 14.2 Å². The molecule has 0 amide bonds. The van der Waals surface area contributed by atoms with Crippen LogP contribution in [0.1, 0.15) is 31.7 Å². The van der Waals surface area contributed by atoms with Crippen molar-refractivity contribution in [2.45, 2.75) is 44.8 Å². The highest BCUT2D eigenvalue weighted by molar-refractivity contribution is 6.32. The van der Waals surface area contributed by atoms with Crippen LogP contribution in [0.2, 0.25) is 5.02 Å². The quantitative estimate of drug-likeness (QED) is 0.840. The van der Waals surface area contributed by atoms with Crippen LogP contribution in [0.3, 0.4) is 0 Å². The molecule has 1 fully saturated rings. The number of nitrogens with two attached hydrogens (primary N) is 1. The van der Waals surface area contributed by atoms with Crippen molar-refractivity contribution >= 4 is 11.6 Å². The Balaban J connectivity index is 2.08. The summed E-state index contributed by atoms with van der Waals surface area (Å²) < 4.78 is 16.8. The predicted molar refractivity (Wildman–Crippen MR) is 84.4 cm³/mol. The Bertz CT molecular complexity index is 461. The van der Waals surface area contributed by atoms with Gasteiger partial charge in [-0.1, -0.05) is 18.5 Å². The van der Waals surface area contributed by atoms with Crippen LogP contribution in [0.4, 0.5) is 0 Å². The molecule has 4 nitrogen and oxygen atoms in total. The van der Waals surface area contributed by atoms with Crippen molar-refractivity contribution in [1.82, 2.24) is 0 Å². The van der Waals surface area contributed by atoms with Crippen LogP contribution in [0.25, 0.3) is 0 Å². The van der Waals surface area contributed by atoms with Crippen LogP contribution in [-0.2, 0) is 11.2 Å². The summed E-state index contributed by atoms with van der Waals surface area (Å²) in [4.78, 5) is 0. The number of ether oxygens (including phenoxy) is 3. The van der Waals surface area contributed by atoms with Gasteiger partial charge >= 0.3 is 0 Å². The van der Waals surface area contributed by atoms with Gasteiger partial charge in [-0.15, -0.1) is 0 Å². The Morgan fingerprint density at radius 2 is 2.29 bits per heavy atom. The summed E-state index contributed by atoms with van der Waals surface area (Å²) in [5, 5.41) is 0.561. The molecule has 0 saturated carbocycles. The molecule has 2 unspecified atom stereocenters. The fraction of sp³-hybridized carbons (Fsp3) is 0.625.